The molecular weight excluding hydrogens is 398 g/mol. The van der Waals surface area contributed by atoms with Gasteiger partial charge in [-0.1, -0.05) is 35.5 Å². The molecule has 0 radical (unpaired) electrons. The molecule has 2 aliphatic heterocycles. The molecule has 4 atom stereocenters. The van der Waals surface area contributed by atoms with Gasteiger partial charge in [0.05, 0.1) is 37.4 Å². The first-order chi connectivity index (χ1) is 15.2. The number of amides is 1. The summed E-state index contributed by atoms with van der Waals surface area (Å²) in [5.74, 6) is 0.00864. The molecule has 2 fully saturated rings. The highest BCUT2D eigenvalue weighted by molar-refractivity contribution is 5.91. The number of hydrogen-bond acceptors (Lipinski definition) is 7. The van der Waals surface area contributed by atoms with Gasteiger partial charge in [0, 0.05) is 13.1 Å². The van der Waals surface area contributed by atoms with Gasteiger partial charge in [0.25, 0.3) is 5.91 Å². The van der Waals surface area contributed by atoms with Crippen LogP contribution in [0.25, 0.3) is 0 Å². The molecule has 0 aliphatic carbocycles. The number of rotatable bonds is 7. The van der Waals surface area contributed by atoms with E-state index in [1.54, 1.807) is 12.1 Å². The average Bonchev–Trinajstić information content (AvgIpc) is 3.55. The third kappa shape index (κ3) is 4.25. The van der Waals surface area contributed by atoms with Crippen LogP contribution in [0.2, 0.25) is 0 Å². The van der Waals surface area contributed by atoms with Gasteiger partial charge in [-0.05, 0) is 24.7 Å². The zero-order chi connectivity index (χ0) is 21.2. The summed E-state index contributed by atoms with van der Waals surface area (Å²) >= 11 is 0. The Bertz CT molecular complexity index is 1010. The van der Waals surface area contributed by atoms with Crippen molar-refractivity contribution in [2.75, 3.05) is 20.3 Å². The van der Waals surface area contributed by atoms with Gasteiger partial charge in [0.15, 0.2) is 5.76 Å². The third-order valence-corrected chi connectivity index (χ3v) is 5.71. The van der Waals surface area contributed by atoms with Gasteiger partial charge in [0.2, 0.25) is 0 Å². The monoisotopic (exact) mass is 423 g/mol. The molecule has 2 aromatic heterocycles. The first kappa shape index (κ1) is 19.9. The van der Waals surface area contributed by atoms with Crippen LogP contribution in [-0.4, -0.2) is 64.3 Å². The molecule has 1 aromatic carbocycles. The van der Waals surface area contributed by atoms with Crippen LogP contribution in [0, 0.1) is 0 Å². The van der Waals surface area contributed by atoms with Gasteiger partial charge in [-0.15, -0.1) is 5.10 Å². The molecule has 31 heavy (non-hydrogen) atoms. The number of aromatic nitrogens is 3. The topological polar surface area (TPSA) is 94.7 Å². The van der Waals surface area contributed by atoms with Gasteiger partial charge >= 0.3 is 0 Å². The van der Waals surface area contributed by atoms with Crippen molar-refractivity contribution in [3.63, 3.8) is 0 Å². The Morgan fingerprint density at radius 1 is 1.13 bits per heavy atom. The minimum absolute atomic E-state index is 0.0730. The van der Waals surface area contributed by atoms with E-state index in [2.05, 4.69) is 39.7 Å². The number of furan rings is 1. The van der Waals surface area contributed by atoms with Crippen LogP contribution in [0.5, 0.6) is 0 Å². The first-order valence-corrected chi connectivity index (χ1v) is 10.4. The van der Waals surface area contributed by atoms with Crippen molar-refractivity contribution < 1.29 is 18.7 Å². The molecule has 9 heteroatoms. The van der Waals surface area contributed by atoms with E-state index in [-0.39, 0.29) is 36.0 Å². The van der Waals surface area contributed by atoms with Crippen LogP contribution in [0.15, 0.2) is 59.3 Å². The van der Waals surface area contributed by atoms with E-state index >= 15 is 0 Å². The van der Waals surface area contributed by atoms with Crippen LogP contribution in [0.3, 0.4) is 0 Å². The zero-order valence-corrected chi connectivity index (χ0v) is 17.3. The van der Waals surface area contributed by atoms with Crippen LogP contribution >= 0.6 is 0 Å². The number of ether oxygens (including phenoxy) is 2. The fourth-order valence-corrected chi connectivity index (χ4v) is 4.25. The SMILES string of the molecule is CN(Cc1ccccc1)Cc1cn([C@H]2CO[C@H]3[C@@H]2OC[C@@H]3NC(=O)c2ccco2)nn1. The molecular formula is C22H25N5O4. The lowest BCUT2D eigenvalue weighted by Gasteiger charge is -2.17. The van der Waals surface area contributed by atoms with E-state index in [4.69, 9.17) is 13.9 Å². The molecule has 2 aliphatic rings. The number of benzene rings is 1. The zero-order valence-electron chi connectivity index (χ0n) is 17.3. The molecule has 1 N–H and O–H groups in total. The Balaban J connectivity index is 1.18. The average molecular weight is 423 g/mol. The first-order valence-electron chi connectivity index (χ1n) is 10.4. The molecule has 5 rings (SSSR count). The van der Waals surface area contributed by atoms with Crippen LogP contribution in [0.1, 0.15) is 27.9 Å². The summed E-state index contributed by atoms with van der Waals surface area (Å²) in [6, 6.07) is 13.3. The molecule has 4 heterocycles. The molecule has 0 saturated carbocycles. The summed E-state index contributed by atoms with van der Waals surface area (Å²) in [6.07, 6.45) is 3.02. The maximum atomic E-state index is 12.3. The maximum Gasteiger partial charge on any atom is 0.287 e. The van der Waals surface area contributed by atoms with E-state index in [0.717, 1.165) is 12.2 Å². The predicted molar refractivity (Wildman–Crippen MR) is 110 cm³/mol. The van der Waals surface area contributed by atoms with Crippen molar-refractivity contribution in [2.45, 2.75) is 37.4 Å². The fraction of sp³-hybridized carbons (Fsp3) is 0.409. The van der Waals surface area contributed by atoms with Gasteiger partial charge in [-0.25, -0.2) is 4.68 Å². The van der Waals surface area contributed by atoms with Gasteiger partial charge < -0.3 is 19.2 Å². The van der Waals surface area contributed by atoms with Gasteiger partial charge in [0.1, 0.15) is 18.2 Å². The third-order valence-electron chi connectivity index (χ3n) is 5.71. The second-order valence-electron chi connectivity index (χ2n) is 8.07. The van der Waals surface area contributed by atoms with Crippen LogP contribution in [0.4, 0.5) is 0 Å². The Hall–Kier alpha value is -3.01. The van der Waals surface area contributed by atoms with E-state index in [0.29, 0.717) is 19.8 Å². The van der Waals surface area contributed by atoms with Crippen molar-refractivity contribution >= 4 is 5.91 Å². The highest BCUT2D eigenvalue weighted by Gasteiger charge is 2.49. The lowest BCUT2D eigenvalue weighted by Crippen LogP contribution is -2.44. The molecule has 3 aromatic rings. The molecule has 0 spiro atoms. The van der Waals surface area contributed by atoms with Crippen LogP contribution < -0.4 is 5.32 Å². The van der Waals surface area contributed by atoms with Crippen molar-refractivity contribution in [2.24, 2.45) is 0 Å². The van der Waals surface area contributed by atoms with E-state index in [1.165, 1.54) is 11.8 Å². The lowest BCUT2D eigenvalue weighted by atomic mass is 10.1. The molecule has 0 bridgehead atoms. The second kappa shape index (κ2) is 8.62. The highest BCUT2D eigenvalue weighted by Crippen LogP contribution is 2.34. The Labute approximate surface area is 179 Å². The smallest absolute Gasteiger partial charge is 0.287 e. The Morgan fingerprint density at radius 2 is 1.97 bits per heavy atom. The van der Waals surface area contributed by atoms with Crippen molar-refractivity contribution in [3.05, 3.63) is 71.9 Å². The Kier molecular flexibility index (Phi) is 5.54. The van der Waals surface area contributed by atoms with E-state index in [9.17, 15) is 4.79 Å². The molecule has 2 saturated heterocycles. The summed E-state index contributed by atoms with van der Waals surface area (Å²) in [5.41, 5.74) is 2.15. The van der Waals surface area contributed by atoms with Crippen molar-refractivity contribution in [1.29, 1.82) is 0 Å². The number of nitrogens with one attached hydrogen (secondary N) is 1. The molecule has 0 unspecified atom stereocenters. The quantitative estimate of drug-likeness (QED) is 0.617. The number of carbonyl (C=O) groups excluding carboxylic acids is 1. The lowest BCUT2D eigenvalue weighted by molar-refractivity contribution is 0.0612. The summed E-state index contributed by atoms with van der Waals surface area (Å²) in [4.78, 5) is 14.5. The molecule has 9 nitrogen and oxygen atoms in total. The standard InChI is InChI=1S/C22H25N5O4/c1-26(10-15-6-3-2-4-7-15)11-16-12-27(25-24-16)18-14-31-20-17(13-30-21(18)20)23-22(28)19-8-5-9-29-19/h2-9,12,17-18,20-21H,10-11,13-14H2,1H3,(H,23,28)/t17-,18-,20+,21+/m0/s1. The summed E-state index contributed by atoms with van der Waals surface area (Å²) in [6.45, 7) is 2.38. The van der Waals surface area contributed by atoms with Crippen LogP contribution in [-0.2, 0) is 22.6 Å². The summed E-state index contributed by atoms with van der Waals surface area (Å²) < 4.78 is 18.9. The van der Waals surface area contributed by atoms with Crippen molar-refractivity contribution in [1.82, 2.24) is 25.2 Å². The number of fused-ring (bicyclic) bond motifs is 1. The fourth-order valence-electron chi connectivity index (χ4n) is 4.25. The van der Waals surface area contributed by atoms with Gasteiger partial charge in [-0.2, -0.15) is 0 Å². The summed E-state index contributed by atoms with van der Waals surface area (Å²) in [7, 11) is 2.06. The number of carbonyl (C=O) groups is 1. The number of nitrogens with zero attached hydrogens (tertiary/aromatic N) is 4. The maximum absolute atomic E-state index is 12.3. The minimum atomic E-state index is -0.268. The van der Waals surface area contributed by atoms with E-state index < -0.39 is 0 Å². The number of hydrogen-bond donors (Lipinski definition) is 1. The summed E-state index contributed by atoms with van der Waals surface area (Å²) in [5, 5.41) is 11.6. The Morgan fingerprint density at radius 3 is 2.77 bits per heavy atom. The molecule has 1 amide bonds. The molecule has 162 valence electrons. The van der Waals surface area contributed by atoms with E-state index in [1.807, 2.05) is 29.1 Å². The second-order valence-corrected chi connectivity index (χ2v) is 8.07. The minimum Gasteiger partial charge on any atom is -0.459 e. The highest BCUT2D eigenvalue weighted by atomic mass is 16.6. The van der Waals surface area contributed by atoms with Gasteiger partial charge in [-0.3, -0.25) is 9.69 Å². The predicted octanol–water partition coefficient (Wildman–Crippen LogP) is 1.64. The van der Waals surface area contributed by atoms with Crippen molar-refractivity contribution in [3.8, 4) is 0 Å². The normalized spacial score (nSPS) is 25.1. The largest absolute Gasteiger partial charge is 0.459 e.